The summed E-state index contributed by atoms with van der Waals surface area (Å²) in [5.74, 6) is -3.23. The molecule has 0 saturated heterocycles. The predicted octanol–water partition coefficient (Wildman–Crippen LogP) is 2.02. The summed E-state index contributed by atoms with van der Waals surface area (Å²) in [4.78, 5) is 32.1. The zero-order valence-corrected chi connectivity index (χ0v) is 10.8. The Hall–Kier alpha value is -1.96. The third kappa shape index (κ3) is 3.27. The van der Waals surface area contributed by atoms with Crippen LogP contribution in [0.3, 0.4) is 0 Å². The fourth-order valence-electron chi connectivity index (χ4n) is 1.09. The first-order valence-corrected chi connectivity index (χ1v) is 5.60. The Bertz CT molecular complexity index is 517. The first-order valence-electron chi connectivity index (χ1n) is 4.80. The van der Waals surface area contributed by atoms with Gasteiger partial charge in [-0.2, -0.15) is 0 Å². The fraction of sp³-hybridized carbons (Fsp3) is 0.200. The van der Waals surface area contributed by atoms with Gasteiger partial charge in [0.05, 0.1) is 9.40 Å². The molecular formula is C10H9BrN2O5. The molecule has 7 nitrogen and oxygen atoms in total. The van der Waals surface area contributed by atoms with Gasteiger partial charge in [-0.3, -0.25) is 19.7 Å². The quantitative estimate of drug-likeness (QED) is 0.501. The van der Waals surface area contributed by atoms with E-state index in [1.54, 1.807) is 0 Å². The van der Waals surface area contributed by atoms with Gasteiger partial charge in [0.2, 0.25) is 5.91 Å². The van der Waals surface area contributed by atoms with Crippen LogP contribution in [0.15, 0.2) is 22.7 Å². The first kappa shape index (κ1) is 14.1. The number of nitro groups is 1. The van der Waals surface area contributed by atoms with Crippen LogP contribution in [0.1, 0.15) is 6.92 Å². The van der Waals surface area contributed by atoms with Gasteiger partial charge in [-0.05, 0) is 35.0 Å². The summed E-state index contributed by atoms with van der Waals surface area (Å²) >= 11 is 3.00. The van der Waals surface area contributed by atoms with Gasteiger partial charge < -0.3 is 10.4 Å². The van der Waals surface area contributed by atoms with Gasteiger partial charge in [-0.15, -0.1) is 0 Å². The van der Waals surface area contributed by atoms with Crippen LogP contribution < -0.4 is 5.32 Å². The van der Waals surface area contributed by atoms with Crippen molar-refractivity contribution in [2.45, 2.75) is 6.92 Å². The maximum absolute atomic E-state index is 11.4. The topological polar surface area (TPSA) is 110 Å². The number of nitrogens with zero attached hydrogens (tertiary/aromatic N) is 1. The molecule has 0 aliphatic rings. The highest BCUT2D eigenvalue weighted by Gasteiger charge is 2.21. The number of carbonyl (C=O) groups is 2. The predicted molar refractivity (Wildman–Crippen MR) is 66.2 cm³/mol. The lowest BCUT2D eigenvalue weighted by molar-refractivity contribution is -0.385. The van der Waals surface area contributed by atoms with Crippen LogP contribution in [-0.4, -0.2) is 21.9 Å². The normalized spacial score (nSPS) is 11.7. The molecule has 8 heteroatoms. The monoisotopic (exact) mass is 316 g/mol. The average molecular weight is 317 g/mol. The van der Waals surface area contributed by atoms with Crippen molar-refractivity contribution in [1.82, 2.24) is 0 Å². The Morgan fingerprint density at radius 1 is 1.50 bits per heavy atom. The molecule has 96 valence electrons. The van der Waals surface area contributed by atoms with E-state index in [9.17, 15) is 19.7 Å². The molecule has 1 rings (SSSR count). The van der Waals surface area contributed by atoms with Crippen molar-refractivity contribution < 1.29 is 19.6 Å². The highest BCUT2D eigenvalue weighted by molar-refractivity contribution is 9.10. The van der Waals surface area contributed by atoms with Gasteiger partial charge in [0, 0.05) is 11.8 Å². The van der Waals surface area contributed by atoms with Crippen molar-refractivity contribution in [1.29, 1.82) is 0 Å². The van der Waals surface area contributed by atoms with E-state index in [0.29, 0.717) is 0 Å². The van der Waals surface area contributed by atoms with Crippen LogP contribution in [0, 0.1) is 16.0 Å². The van der Waals surface area contributed by atoms with Gasteiger partial charge in [0.15, 0.2) is 0 Å². The standard InChI is InChI=1S/C10H9BrN2O5/c1-5(10(15)16)9(14)12-6-2-3-7(11)8(4-6)13(17)18/h2-5H,1H3,(H,12,14)(H,15,16). The fourth-order valence-corrected chi connectivity index (χ4v) is 1.48. The van der Waals surface area contributed by atoms with Crippen molar-refractivity contribution in [3.05, 3.63) is 32.8 Å². The zero-order chi connectivity index (χ0) is 13.9. The van der Waals surface area contributed by atoms with Crippen LogP contribution in [0.25, 0.3) is 0 Å². The SMILES string of the molecule is CC(C(=O)O)C(=O)Nc1ccc(Br)c([N+](=O)[O-])c1. The number of hydrogen-bond acceptors (Lipinski definition) is 4. The third-order valence-electron chi connectivity index (χ3n) is 2.17. The Balaban J connectivity index is 2.93. The van der Waals surface area contributed by atoms with Gasteiger partial charge in [-0.25, -0.2) is 0 Å². The number of carbonyl (C=O) groups excluding carboxylic acids is 1. The molecule has 1 unspecified atom stereocenters. The second-order valence-corrected chi connectivity index (χ2v) is 4.33. The number of halogens is 1. The van der Waals surface area contributed by atoms with E-state index in [1.165, 1.54) is 19.1 Å². The number of aliphatic carboxylic acids is 1. The number of rotatable bonds is 4. The number of amides is 1. The summed E-state index contributed by atoms with van der Waals surface area (Å²) in [6.45, 7) is 1.23. The summed E-state index contributed by atoms with van der Waals surface area (Å²) in [6, 6.07) is 3.99. The number of benzene rings is 1. The zero-order valence-electron chi connectivity index (χ0n) is 9.21. The molecule has 2 N–H and O–H groups in total. The minimum Gasteiger partial charge on any atom is -0.481 e. The van der Waals surface area contributed by atoms with E-state index in [-0.39, 0.29) is 15.8 Å². The van der Waals surface area contributed by atoms with Crippen molar-refractivity contribution >= 4 is 39.2 Å². The van der Waals surface area contributed by atoms with Gasteiger partial charge in [0.25, 0.3) is 5.69 Å². The molecule has 0 fully saturated rings. The Kier molecular flexibility index (Phi) is 4.38. The van der Waals surface area contributed by atoms with Crippen LogP contribution in [0.2, 0.25) is 0 Å². The number of hydrogen-bond donors (Lipinski definition) is 2. The summed E-state index contributed by atoms with van der Waals surface area (Å²) in [7, 11) is 0. The molecular weight excluding hydrogens is 308 g/mol. The lowest BCUT2D eigenvalue weighted by Crippen LogP contribution is -2.26. The third-order valence-corrected chi connectivity index (χ3v) is 2.84. The molecule has 0 bridgehead atoms. The Morgan fingerprint density at radius 2 is 2.11 bits per heavy atom. The van der Waals surface area contributed by atoms with E-state index in [0.717, 1.165) is 6.07 Å². The minimum absolute atomic E-state index is 0.169. The highest BCUT2D eigenvalue weighted by atomic mass is 79.9. The van der Waals surface area contributed by atoms with Crippen molar-refractivity contribution in [2.75, 3.05) is 5.32 Å². The molecule has 0 heterocycles. The largest absolute Gasteiger partial charge is 0.481 e. The van der Waals surface area contributed by atoms with E-state index in [2.05, 4.69) is 21.2 Å². The van der Waals surface area contributed by atoms with Crippen LogP contribution >= 0.6 is 15.9 Å². The van der Waals surface area contributed by atoms with Crippen LogP contribution in [0.5, 0.6) is 0 Å². The highest BCUT2D eigenvalue weighted by Crippen LogP contribution is 2.27. The molecule has 0 aromatic heterocycles. The molecule has 18 heavy (non-hydrogen) atoms. The summed E-state index contributed by atoms with van der Waals surface area (Å²) in [5, 5.41) is 21.6. The van der Waals surface area contributed by atoms with Crippen LogP contribution in [-0.2, 0) is 9.59 Å². The summed E-state index contributed by atoms with van der Waals surface area (Å²) < 4.78 is 0.275. The second kappa shape index (κ2) is 5.58. The molecule has 0 spiro atoms. The number of anilines is 1. The molecule has 0 radical (unpaired) electrons. The average Bonchev–Trinajstić information content (AvgIpc) is 2.29. The Morgan fingerprint density at radius 3 is 2.61 bits per heavy atom. The summed E-state index contributed by atoms with van der Waals surface area (Å²) in [5.41, 5.74) is -0.0428. The molecule has 0 aliphatic carbocycles. The number of nitrogens with one attached hydrogen (secondary N) is 1. The molecule has 0 aliphatic heterocycles. The lowest BCUT2D eigenvalue weighted by Gasteiger charge is -2.08. The maximum Gasteiger partial charge on any atom is 0.315 e. The smallest absolute Gasteiger partial charge is 0.315 e. The van der Waals surface area contributed by atoms with Gasteiger partial charge in [0.1, 0.15) is 5.92 Å². The van der Waals surface area contributed by atoms with E-state index < -0.39 is 22.7 Å². The van der Waals surface area contributed by atoms with Crippen molar-refractivity contribution in [3.8, 4) is 0 Å². The second-order valence-electron chi connectivity index (χ2n) is 3.47. The first-order chi connectivity index (χ1) is 8.32. The van der Waals surface area contributed by atoms with Gasteiger partial charge in [-0.1, -0.05) is 0 Å². The van der Waals surface area contributed by atoms with E-state index in [1.807, 2.05) is 0 Å². The van der Waals surface area contributed by atoms with E-state index >= 15 is 0 Å². The number of carboxylic acid groups (broad SMARTS) is 1. The molecule has 1 aromatic rings. The van der Waals surface area contributed by atoms with Gasteiger partial charge >= 0.3 is 5.97 Å². The van der Waals surface area contributed by atoms with E-state index in [4.69, 9.17) is 5.11 Å². The minimum atomic E-state index is -1.26. The molecule has 1 amide bonds. The number of carboxylic acids is 1. The lowest BCUT2D eigenvalue weighted by atomic mass is 10.1. The van der Waals surface area contributed by atoms with Crippen LogP contribution in [0.4, 0.5) is 11.4 Å². The molecule has 0 saturated carbocycles. The molecule has 1 aromatic carbocycles. The molecule has 1 atom stereocenters. The number of nitro benzene ring substituents is 1. The van der Waals surface area contributed by atoms with Crippen molar-refractivity contribution in [3.63, 3.8) is 0 Å². The summed E-state index contributed by atoms with van der Waals surface area (Å²) in [6.07, 6.45) is 0. The maximum atomic E-state index is 11.4. The van der Waals surface area contributed by atoms with Crippen molar-refractivity contribution in [2.24, 2.45) is 5.92 Å². The Labute approximate surface area is 110 Å².